The number of nitrogens with zero attached hydrogens (tertiary/aromatic N) is 1. The summed E-state index contributed by atoms with van der Waals surface area (Å²) in [6.07, 6.45) is 2.81. The Bertz CT molecular complexity index is 578. The third kappa shape index (κ3) is 1.73. The van der Waals surface area contributed by atoms with E-state index in [-0.39, 0.29) is 0 Å². The van der Waals surface area contributed by atoms with Crippen LogP contribution in [0.2, 0.25) is 0 Å². The van der Waals surface area contributed by atoms with E-state index in [0.29, 0.717) is 5.82 Å². The van der Waals surface area contributed by atoms with Crippen LogP contribution in [-0.4, -0.2) is 11.6 Å². The van der Waals surface area contributed by atoms with Gasteiger partial charge in [0.05, 0.1) is 6.61 Å². The second-order valence-electron chi connectivity index (χ2n) is 4.35. The number of aryl methyl sites for hydroxylation is 1. The van der Waals surface area contributed by atoms with Crippen LogP contribution in [0.4, 0.5) is 5.82 Å². The number of anilines is 1. The molecule has 0 fully saturated rings. The van der Waals surface area contributed by atoms with E-state index >= 15 is 0 Å². The summed E-state index contributed by atoms with van der Waals surface area (Å²) in [5, 5.41) is 0. The molecule has 3 rings (SSSR count). The molecule has 0 bridgehead atoms. The van der Waals surface area contributed by atoms with Crippen LogP contribution in [0.25, 0.3) is 11.1 Å². The molecule has 3 nitrogen and oxygen atoms in total. The Morgan fingerprint density at radius 2 is 2.12 bits per heavy atom. The minimum Gasteiger partial charge on any atom is -0.493 e. The maximum atomic E-state index is 5.73. The maximum Gasteiger partial charge on any atom is 0.126 e. The topological polar surface area (TPSA) is 48.1 Å². The Balaban J connectivity index is 2.06. The fourth-order valence-corrected chi connectivity index (χ4v) is 2.11. The highest BCUT2D eigenvalue weighted by Crippen LogP contribution is 2.30. The minimum atomic E-state index is 0.596. The first-order valence-corrected chi connectivity index (χ1v) is 5.72. The smallest absolute Gasteiger partial charge is 0.126 e. The molecular weight excluding hydrogens is 212 g/mol. The van der Waals surface area contributed by atoms with Gasteiger partial charge in [-0.15, -0.1) is 0 Å². The highest BCUT2D eigenvalue weighted by molar-refractivity contribution is 5.67. The third-order valence-electron chi connectivity index (χ3n) is 3.14. The van der Waals surface area contributed by atoms with Gasteiger partial charge < -0.3 is 10.5 Å². The molecule has 0 amide bonds. The number of nitrogens with two attached hydrogens (primary N) is 1. The number of pyridine rings is 1. The first-order chi connectivity index (χ1) is 8.24. The fraction of sp³-hybridized carbons (Fsp3) is 0.214. The predicted molar refractivity (Wildman–Crippen MR) is 68.0 cm³/mol. The number of hydrogen-bond donors (Lipinski definition) is 1. The Hall–Kier alpha value is -2.03. The molecule has 17 heavy (non-hydrogen) atoms. The highest BCUT2D eigenvalue weighted by atomic mass is 16.5. The van der Waals surface area contributed by atoms with Crippen LogP contribution in [-0.2, 0) is 6.42 Å². The molecule has 2 aromatic rings. The number of nitrogen functional groups attached to an aromatic ring is 1. The molecule has 1 aliphatic heterocycles. The zero-order valence-electron chi connectivity index (χ0n) is 9.73. The Labute approximate surface area is 100 Å². The van der Waals surface area contributed by atoms with Gasteiger partial charge in [-0.3, -0.25) is 0 Å². The number of hydrogen-bond acceptors (Lipinski definition) is 3. The van der Waals surface area contributed by atoms with Crippen molar-refractivity contribution < 1.29 is 4.74 Å². The maximum absolute atomic E-state index is 5.73. The molecule has 0 spiro atoms. The van der Waals surface area contributed by atoms with E-state index in [2.05, 4.69) is 23.2 Å². The monoisotopic (exact) mass is 226 g/mol. The molecule has 0 unspecified atom stereocenters. The zero-order valence-corrected chi connectivity index (χ0v) is 9.73. The summed E-state index contributed by atoms with van der Waals surface area (Å²) in [6.45, 7) is 2.76. The van der Waals surface area contributed by atoms with Crippen molar-refractivity contribution in [3.8, 4) is 16.9 Å². The number of aromatic nitrogens is 1. The van der Waals surface area contributed by atoms with Crippen LogP contribution in [0, 0.1) is 6.92 Å². The molecule has 0 radical (unpaired) electrons. The van der Waals surface area contributed by atoms with Crippen LogP contribution < -0.4 is 10.5 Å². The quantitative estimate of drug-likeness (QED) is 0.813. The van der Waals surface area contributed by atoms with Crippen molar-refractivity contribution in [3.63, 3.8) is 0 Å². The average molecular weight is 226 g/mol. The molecule has 2 N–H and O–H groups in total. The van der Waals surface area contributed by atoms with Gasteiger partial charge in [0, 0.05) is 18.2 Å². The highest BCUT2D eigenvalue weighted by Gasteiger charge is 2.12. The minimum absolute atomic E-state index is 0.596. The van der Waals surface area contributed by atoms with E-state index in [1.54, 1.807) is 0 Å². The molecule has 0 saturated carbocycles. The summed E-state index contributed by atoms with van der Waals surface area (Å²) >= 11 is 0. The second kappa shape index (κ2) is 3.77. The van der Waals surface area contributed by atoms with Crippen molar-refractivity contribution in [2.45, 2.75) is 13.3 Å². The summed E-state index contributed by atoms with van der Waals surface area (Å²) in [5.41, 5.74) is 10.3. The first kappa shape index (κ1) is 10.1. The van der Waals surface area contributed by atoms with Crippen molar-refractivity contribution in [1.82, 2.24) is 4.98 Å². The summed E-state index contributed by atoms with van der Waals surface area (Å²) in [4.78, 5) is 4.20. The lowest BCUT2D eigenvalue weighted by molar-refractivity contribution is 0.357. The van der Waals surface area contributed by atoms with Crippen molar-refractivity contribution in [2.75, 3.05) is 12.3 Å². The molecule has 3 heteroatoms. The van der Waals surface area contributed by atoms with Crippen molar-refractivity contribution in [2.24, 2.45) is 0 Å². The van der Waals surface area contributed by atoms with Crippen molar-refractivity contribution >= 4 is 5.82 Å². The van der Waals surface area contributed by atoms with E-state index in [9.17, 15) is 0 Å². The second-order valence-corrected chi connectivity index (χ2v) is 4.35. The molecular formula is C14H14N2O. The van der Waals surface area contributed by atoms with Crippen LogP contribution in [0.5, 0.6) is 5.75 Å². The van der Waals surface area contributed by atoms with E-state index in [4.69, 9.17) is 10.5 Å². The molecule has 1 aliphatic rings. The Kier molecular flexibility index (Phi) is 2.25. The molecule has 2 heterocycles. The summed E-state index contributed by atoms with van der Waals surface area (Å²) < 4.78 is 5.50. The molecule has 1 aromatic heterocycles. The third-order valence-corrected chi connectivity index (χ3v) is 3.14. The van der Waals surface area contributed by atoms with Crippen LogP contribution >= 0.6 is 0 Å². The van der Waals surface area contributed by atoms with Gasteiger partial charge >= 0.3 is 0 Å². The number of fused-ring (bicyclic) bond motifs is 1. The average Bonchev–Trinajstić information content (AvgIpc) is 2.79. The van der Waals surface area contributed by atoms with Gasteiger partial charge in [0.25, 0.3) is 0 Å². The van der Waals surface area contributed by atoms with Crippen molar-refractivity contribution in [1.29, 1.82) is 0 Å². The van der Waals surface area contributed by atoms with Crippen LogP contribution in [0.1, 0.15) is 11.1 Å². The Morgan fingerprint density at radius 1 is 1.24 bits per heavy atom. The SMILES string of the molecule is Cc1cc(-c2ccc3c(c2)CCO3)cnc1N. The van der Waals surface area contributed by atoms with Gasteiger partial charge in [0.2, 0.25) is 0 Å². The molecule has 1 aromatic carbocycles. The fourth-order valence-electron chi connectivity index (χ4n) is 2.11. The number of ether oxygens (including phenoxy) is 1. The molecule has 0 aliphatic carbocycles. The number of rotatable bonds is 1. The summed E-state index contributed by atoms with van der Waals surface area (Å²) in [5.74, 6) is 1.60. The normalized spacial score (nSPS) is 13.2. The molecule has 86 valence electrons. The van der Waals surface area contributed by atoms with Gasteiger partial charge in [-0.05, 0) is 41.8 Å². The predicted octanol–water partition coefficient (Wildman–Crippen LogP) is 2.57. The van der Waals surface area contributed by atoms with E-state index in [0.717, 1.165) is 29.9 Å². The summed E-state index contributed by atoms with van der Waals surface area (Å²) in [7, 11) is 0. The van der Waals surface area contributed by atoms with Crippen LogP contribution in [0.3, 0.4) is 0 Å². The van der Waals surface area contributed by atoms with E-state index < -0.39 is 0 Å². The zero-order chi connectivity index (χ0) is 11.8. The molecule has 0 atom stereocenters. The van der Waals surface area contributed by atoms with Gasteiger partial charge in [0.15, 0.2) is 0 Å². The lowest BCUT2D eigenvalue weighted by atomic mass is 10.0. The van der Waals surface area contributed by atoms with E-state index in [1.807, 2.05) is 19.2 Å². The lowest BCUT2D eigenvalue weighted by Gasteiger charge is -2.06. The summed E-state index contributed by atoms with van der Waals surface area (Å²) in [6, 6.07) is 8.34. The van der Waals surface area contributed by atoms with Crippen LogP contribution in [0.15, 0.2) is 30.5 Å². The van der Waals surface area contributed by atoms with Gasteiger partial charge in [0.1, 0.15) is 11.6 Å². The first-order valence-electron chi connectivity index (χ1n) is 5.72. The van der Waals surface area contributed by atoms with Gasteiger partial charge in [-0.2, -0.15) is 0 Å². The number of benzene rings is 1. The standard InChI is InChI=1S/C14H14N2O/c1-9-6-12(8-16-14(9)15)10-2-3-13-11(7-10)4-5-17-13/h2-3,6-8H,4-5H2,1H3,(H2,15,16). The lowest BCUT2D eigenvalue weighted by Crippen LogP contribution is -1.94. The van der Waals surface area contributed by atoms with Crippen molar-refractivity contribution in [3.05, 3.63) is 41.6 Å². The van der Waals surface area contributed by atoms with Gasteiger partial charge in [-0.1, -0.05) is 6.07 Å². The van der Waals surface area contributed by atoms with E-state index in [1.165, 1.54) is 11.1 Å². The largest absolute Gasteiger partial charge is 0.493 e. The molecule has 0 saturated heterocycles. The Morgan fingerprint density at radius 3 is 2.94 bits per heavy atom. The van der Waals surface area contributed by atoms with Gasteiger partial charge in [-0.25, -0.2) is 4.98 Å².